The van der Waals surface area contributed by atoms with E-state index in [1.807, 2.05) is 11.8 Å². The van der Waals surface area contributed by atoms with Gasteiger partial charge in [0.2, 0.25) is 11.6 Å². The molecule has 2 heterocycles. The fourth-order valence-corrected chi connectivity index (χ4v) is 3.81. The molecule has 3 aromatic rings. The van der Waals surface area contributed by atoms with E-state index >= 15 is 0 Å². The van der Waals surface area contributed by atoms with Crippen molar-refractivity contribution in [3.8, 4) is 0 Å². The van der Waals surface area contributed by atoms with Gasteiger partial charge in [0.15, 0.2) is 0 Å². The van der Waals surface area contributed by atoms with Crippen LogP contribution in [0.25, 0.3) is 0 Å². The maximum Gasteiger partial charge on any atom is 0.353 e. The Balaban J connectivity index is 1.57. The number of hydrogen-bond donors (Lipinski definition) is 1. The highest BCUT2D eigenvalue weighted by Crippen LogP contribution is 2.35. The van der Waals surface area contributed by atoms with Crippen LogP contribution in [0.4, 0.5) is 33.1 Å². The summed E-state index contributed by atoms with van der Waals surface area (Å²) in [5, 5.41) is 15.6. The Morgan fingerprint density at radius 2 is 1.74 bits per heavy atom. The number of hydrogen-bond acceptors (Lipinski definition) is 7. The van der Waals surface area contributed by atoms with Crippen molar-refractivity contribution in [3.63, 3.8) is 0 Å². The van der Waals surface area contributed by atoms with Gasteiger partial charge >= 0.3 is 5.69 Å². The zero-order chi connectivity index (χ0) is 22.0. The molecule has 0 spiro atoms. The number of benzene rings is 2. The topological polar surface area (TPSA) is 87.4 Å². The molecule has 1 saturated heterocycles. The number of rotatable bonds is 5. The Morgan fingerprint density at radius 1 is 1.06 bits per heavy atom. The van der Waals surface area contributed by atoms with E-state index in [1.165, 1.54) is 18.5 Å². The minimum Gasteiger partial charge on any atom is -0.368 e. The first kappa shape index (κ1) is 20.8. The van der Waals surface area contributed by atoms with Gasteiger partial charge in [0, 0.05) is 42.6 Å². The number of piperazine rings is 1. The summed E-state index contributed by atoms with van der Waals surface area (Å²) in [6.07, 6.45) is 1.32. The number of nitro groups is 1. The van der Waals surface area contributed by atoms with E-state index in [0.717, 1.165) is 11.3 Å². The van der Waals surface area contributed by atoms with Crippen molar-refractivity contribution in [2.24, 2.45) is 0 Å². The lowest BCUT2D eigenvalue weighted by Crippen LogP contribution is -2.47. The van der Waals surface area contributed by atoms with Crippen LogP contribution >= 0.6 is 11.6 Å². The molecular formula is C21H20ClFN6O2. The Bertz CT molecular complexity index is 1100. The van der Waals surface area contributed by atoms with Gasteiger partial charge in [0.05, 0.1) is 4.92 Å². The molecule has 31 heavy (non-hydrogen) atoms. The average Bonchev–Trinajstić information content (AvgIpc) is 2.76. The lowest BCUT2D eigenvalue weighted by Gasteiger charge is -2.36. The maximum absolute atomic E-state index is 13.2. The third-order valence-corrected chi connectivity index (χ3v) is 5.43. The minimum atomic E-state index is -0.463. The molecule has 1 N–H and O–H groups in total. The maximum atomic E-state index is 13.2. The van der Waals surface area contributed by atoms with Gasteiger partial charge in [-0.3, -0.25) is 10.1 Å². The van der Waals surface area contributed by atoms with Crippen molar-refractivity contribution in [1.29, 1.82) is 0 Å². The number of anilines is 4. The molecule has 1 aromatic heterocycles. The van der Waals surface area contributed by atoms with Gasteiger partial charge < -0.3 is 15.1 Å². The van der Waals surface area contributed by atoms with E-state index in [-0.39, 0.29) is 23.1 Å². The standard InChI is InChI=1S/C21H20ClFN6O2/c1-14-12-15(22)2-7-18(14)26-20-19(29(30)31)21(25-13-24-20)28-10-8-27(9-11-28)17-5-3-16(23)4-6-17/h2-7,12-13H,8-11H2,1H3,(H,24,25,26). The van der Waals surface area contributed by atoms with Crippen LogP contribution in [0, 0.1) is 22.9 Å². The molecule has 0 unspecified atom stereocenters. The highest BCUT2D eigenvalue weighted by molar-refractivity contribution is 6.30. The number of nitrogens with one attached hydrogen (secondary N) is 1. The molecular weight excluding hydrogens is 423 g/mol. The summed E-state index contributed by atoms with van der Waals surface area (Å²) in [5.41, 5.74) is 2.26. The van der Waals surface area contributed by atoms with Crippen molar-refractivity contribution in [3.05, 3.63) is 75.3 Å². The van der Waals surface area contributed by atoms with Crippen LogP contribution < -0.4 is 15.1 Å². The van der Waals surface area contributed by atoms with Gasteiger partial charge in [0.1, 0.15) is 12.1 Å². The number of halogens is 2. The van der Waals surface area contributed by atoms with Crippen molar-refractivity contribution < 1.29 is 9.31 Å². The van der Waals surface area contributed by atoms with E-state index in [9.17, 15) is 14.5 Å². The molecule has 0 saturated carbocycles. The van der Waals surface area contributed by atoms with E-state index in [0.29, 0.717) is 36.9 Å². The first-order valence-corrected chi connectivity index (χ1v) is 10.1. The number of nitrogens with zero attached hydrogens (tertiary/aromatic N) is 5. The molecule has 8 nitrogen and oxygen atoms in total. The second kappa shape index (κ2) is 8.73. The van der Waals surface area contributed by atoms with Gasteiger partial charge in [-0.1, -0.05) is 11.6 Å². The van der Waals surface area contributed by atoms with Gasteiger partial charge in [-0.2, -0.15) is 0 Å². The molecule has 0 amide bonds. The van der Waals surface area contributed by atoms with E-state index in [1.54, 1.807) is 30.3 Å². The second-order valence-corrected chi connectivity index (χ2v) is 7.62. The first-order chi connectivity index (χ1) is 14.9. The predicted octanol–water partition coefficient (Wildman–Crippen LogP) is 4.56. The monoisotopic (exact) mass is 442 g/mol. The number of aromatic nitrogens is 2. The molecule has 10 heteroatoms. The SMILES string of the molecule is Cc1cc(Cl)ccc1Nc1ncnc(N2CCN(c3ccc(F)cc3)CC2)c1[N+](=O)[O-]. The molecule has 160 valence electrons. The molecule has 1 aliphatic heterocycles. The van der Waals surface area contributed by atoms with E-state index in [4.69, 9.17) is 11.6 Å². The summed E-state index contributed by atoms with van der Waals surface area (Å²) in [6, 6.07) is 11.5. The summed E-state index contributed by atoms with van der Waals surface area (Å²) in [6.45, 7) is 4.19. The highest BCUT2D eigenvalue weighted by atomic mass is 35.5. The third-order valence-electron chi connectivity index (χ3n) is 5.20. The summed E-state index contributed by atoms with van der Waals surface area (Å²) in [7, 11) is 0. The van der Waals surface area contributed by atoms with Gasteiger partial charge in [0.25, 0.3) is 0 Å². The summed E-state index contributed by atoms with van der Waals surface area (Å²) >= 11 is 6.00. The molecule has 0 aliphatic carbocycles. The Labute approximate surface area is 183 Å². The predicted molar refractivity (Wildman–Crippen MR) is 119 cm³/mol. The van der Waals surface area contributed by atoms with E-state index < -0.39 is 4.92 Å². The van der Waals surface area contributed by atoms with Crippen LogP contribution in [0.15, 0.2) is 48.8 Å². The molecule has 2 aromatic carbocycles. The van der Waals surface area contributed by atoms with Crippen LogP contribution in [0.3, 0.4) is 0 Å². The van der Waals surface area contributed by atoms with Crippen LogP contribution in [-0.4, -0.2) is 41.1 Å². The second-order valence-electron chi connectivity index (χ2n) is 7.19. The smallest absolute Gasteiger partial charge is 0.353 e. The Hall–Kier alpha value is -3.46. The molecule has 1 aliphatic rings. The molecule has 0 bridgehead atoms. The number of aryl methyl sites for hydroxylation is 1. The fourth-order valence-electron chi connectivity index (χ4n) is 3.58. The van der Waals surface area contributed by atoms with Gasteiger partial charge in [-0.25, -0.2) is 14.4 Å². The first-order valence-electron chi connectivity index (χ1n) is 9.70. The summed E-state index contributed by atoms with van der Waals surface area (Å²) in [5.74, 6) is 0.115. The Kier molecular flexibility index (Phi) is 5.85. The van der Waals surface area contributed by atoms with Crippen LogP contribution in [0.5, 0.6) is 0 Å². The molecule has 0 radical (unpaired) electrons. The highest BCUT2D eigenvalue weighted by Gasteiger charge is 2.29. The normalized spacial score (nSPS) is 13.9. The van der Waals surface area contributed by atoms with Crippen LogP contribution in [0.2, 0.25) is 5.02 Å². The zero-order valence-corrected chi connectivity index (χ0v) is 17.5. The lowest BCUT2D eigenvalue weighted by molar-refractivity contribution is -0.383. The molecule has 0 atom stereocenters. The quantitative estimate of drug-likeness (QED) is 0.458. The largest absolute Gasteiger partial charge is 0.368 e. The van der Waals surface area contributed by atoms with Gasteiger partial charge in [-0.15, -0.1) is 0 Å². The third kappa shape index (κ3) is 4.51. The van der Waals surface area contributed by atoms with Crippen molar-refractivity contribution in [1.82, 2.24) is 9.97 Å². The van der Waals surface area contributed by atoms with Crippen molar-refractivity contribution >= 4 is 40.3 Å². The van der Waals surface area contributed by atoms with Crippen LogP contribution in [-0.2, 0) is 0 Å². The average molecular weight is 443 g/mol. The van der Waals surface area contributed by atoms with Crippen LogP contribution in [0.1, 0.15) is 5.56 Å². The minimum absolute atomic E-state index is 0.126. The lowest BCUT2D eigenvalue weighted by atomic mass is 10.2. The van der Waals surface area contributed by atoms with Crippen molar-refractivity contribution in [2.75, 3.05) is 41.3 Å². The fraction of sp³-hybridized carbons (Fsp3) is 0.238. The zero-order valence-electron chi connectivity index (χ0n) is 16.8. The summed E-state index contributed by atoms with van der Waals surface area (Å²) in [4.78, 5) is 23.8. The molecule has 4 rings (SSSR count). The Morgan fingerprint density at radius 3 is 2.39 bits per heavy atom. The molecule has 1 fully saturated rings. The summed E-state index contributed by atoms with van der Waals surface area (Å²) < 4.78 is 13.2. The van der Waals surface area contributed by atoms with Gasteiger partial charge in [-0.05, 0) is 55.0 Å². The van der Waals surface area contributed by atoms with Crippen molar-refractivity contribution in [2.45, 2.75) is 6.92 Å². The van der Waals surface area contributed by atoms with E-state index in [2.05, 4.69) is 20.2 Å².